The van der Waals surface area contributed by atoms with Crippen molar-refractivity contribution in [3.8, 4) is 0 Å². The van der Waals surface area contributed by atoms with Crippen LogP contribution in [0.4, 0.5) is 0 Å². The minimum absolute atomic E-state index is 0.842. The van der Waals surface area contributed by atoms with E-state index in [1.165, 1.54) is 26.4 Å². The Morgan fingerprint density at radius 2 is 2.04 bits per heavy atom. The first-order chi connectivity index (χ1) is 12.3. The molecule has 5 nitrogen and oxygen atoms in total. The molecule has 0 amide bonds. The van der Waals surface area contributed by atoms with Crippen molar-refractivity contribution in [2.45, 2.75) is 26.2 Å². The topological polar surface area (TPSA) is 65.1 Å². The summed E-state index contributed by atoms with van der Waals surface area (Å²) in [4.78, 5) is 13.3. The number of nitrogens with one attached hydrogen (secondary N) is 3. The summed E-state index contributed by atoms with van der Waals surface area (Å²) in [5.41, 5.74) is 2.58. The molecule has 0 saturated heterocycles. The molecular formula is C19H25N5S. The van der Waals surface area contributed by atoms with E-state index in [9.17, 15) is 0 Å². The van der Waals surface area contributed by atoms with Gasteiger partial charge in [-0.05, 0) is 31.4 Å². The monoisotopic (exact) mass is 355 g/mol. The van der Waals surface area contributed by atoms with Crippen molar-refractivity contribution in [1.29, 1.82) is 0 Å². The Morgan fingerprint density at radius 1 is 1.20 bits per heavy atom. The lowest BCUT2D eigenvalue weighted by atomic mass is 10.1. The summed E-state index contributed by atoms with van der Waals surface area (Å²) in [5, 5.41) is 9.22. The number of aryl methyl sites for hydroxylation is 2. The van der Waals surface area contributed by atoms with Gasteiger partial charge in [-0.15, -0.1) is 11.3 Å². The second-order valence-electron chi connectivity index (χ2n) is 6.00. The highest BCUT2D eigenvalue weighted by Crippen LogP contribution is 2.18. The van der Waals surface area contributed by atoms with Crippen LogP contribution in [0.15, 0.2) is 41.7 Å². The van der Waals surface area contributed by atoms with E-state index in [1.807, 2.05) is 13.2 Å². The summed E-state index contributed by atoms with van der Waals surface area (Å²) in [6, 6.07) is 8.45. The molecule has 0 bridgehead atoms. The number of thiazole rings is 1. The van der Waals surface area contributed by atoms with E-state index in [2.05, 4.69) is 63.0 Å². The van der Waals surface area contributed by atoms with Gasteiger partial charge in [0.2, 0.25) is 0 Å². The van der Waals surface area contributed by atoms with E-state index < -0.39 is 0 Å². The Balaban J connectivity index is 1.38. The zero-order chi connectivity index (χ0) is 17.5. The van der Waals surface area contributed by atoms with Crippen molar-refractivity contribution < 1.29 is 0 Å². The van der Waals surface area contributed by atoms with Gasteiger partial charge < -0.3 is 15.6 Å². The van der Waals surface area contributed by atoms with Gasteiger partial charge in [0.25, 0.3) is 0 Å². The first-order valence-electron chi connectivity index (χ1n) is 8.67. The minimum atomic E-state index is 0.842. The van der Waals surface area contributed by atoms with Gasteiger partial charge in [-0.2, -0.15) is 0 Å². The molecule has 3 N–H and O–H groups in total. The molecule has 3 aromatic rings. The van der Waals surface area contributed by atoms with Crippen LogP contribution in [0.3, 0.4) is 0 Å². The van der Waals surface area contributed by atoms with E-state index in [0.29, 0.717) is 0 Å². The van der Waals surface area contributed by atoms with Crippen molar-refractivity contribution in [2.24, 2.45) is 4.99 Å². The summed E-state index contributed by atoms with van der Waals surface area (Å²) < 4.78 is 0. The third-order valence-corrected chi connectivity index (χ3v) is 5.09. The van der Waals surface area contributed by atoms with E-state index in [1.54, 1.807) is 11.3 Å². The molecule has 0 atom stereocenters. The molecule has 0 aliphatic rings. The number of aliphatic imine (C=N–C) groups is 1. The molecule has 0 unspecified atom stereocenters. The first kappa shape index (κ1) is 17.5. The van der Waals surface area contributed by atoms with Gasteiger partial charge in [0, 0.05) is 54.7 Å². The molecule has 0 aliphatic heterocycles. The molecule has 0 fully saturated rings. The van der Waals surface area contributed by atoms with Crippen LogP contribution >= 0.6 is 11.3 Å². The summed E-state index contributed by atoms with van der Waals surface area (Å²) in [7, 11) is 1.81. The second kappa shape index (κ2) is 8.67. The summed E-state index contributed by atoms with van der Waals surface area (Å²) >= 11 is 1.75. The van der Waals surface area contributed by atoms with Crippen LogP contribution in [0, 0.1) is 6.92 Å². The predicted molar refractivity (Wildman–Crippen MR) is 107 cm³/mol. The van der Waals surface area contributed by atoms with Gasteiger partial charge in [-0.3, -0.25) is 4.99 Å². The molecule has 0 spiro atoms. The molecular weight excluding hydrogens is 330 g/mol. The number of benzene rings is 1. The van der Waals surface area contributed by atoms with Crippen LogP contribution < -0.4 is 10.6 Å². The maximum atomic E-state index is 4.38. The van der Waals surface area contributed by atoms with Gasteiger partial charge in [0.15, 0.2) is 5.96 Å². The van der Waals surface area contributed by atoms with Crippen molar-refractivity contribution in [1.82, 2.24) is 20.6 Å². The molecule has 132 valence electrons. The van der Waals surface area contributed by atoms with Crippen LogP contribution in [0.5, 0.6) is 0 Å². The fourth-order valence-electron chi connectivity index (χ4n) is 2.85. The average molecular weight is 356 g/mol. The first-order valence-corrected chi connectivity index (χ1v) is 9.48. The third-order valence-electron chi connectivity index (χ3n) is 4.11. The maximum absolute atomic E-state index is 4.38. The highest BCUT2D eigenvalue weighted by Gasteiger charge is 2.03. The van der Waals surface area contributed by atoms with Gasteiger partial charge in [-0.1, -0.05) is 18.2 Å². The molecule has 0 aliphatic carbocycles. The molecule has 25 heavy (non-hydrogen) atoms. The highest BCUT2D eigenvalue weighted by atomic mass is 32.1. The Hall–Kier alpha value is -2.34. The Labute approximate surface area is 152 Å². The van der Waals surface area contributed by atoms with Crippen molar-refractivity contribution in [3.63, 3.8) is 0 Å². The van der Waals surface area contributed by atoms with Gasteiger partial charge in [0.1, 0.15) is 0 Å². The highest BCUT2D eigenvalue weighted by molar-refractivity contribution is 7.11. The Bertz CT molecular complexity index is 833. The van der Waals surface area contributed by atoms with Crippen LogP contribution in [-0.2, 0) is 12.8 Å². The lowest BCUT2D eigenvalue weighted by molar-refractivity contribution is 0.740. The number of rotatable bonds is 7. The number of H-pyrrole nitrogens is 1. The molecule has 1 aromatic carbocycles. The van der Waals surface area contributed by atoms with Gasteiger partial charge in [0.05, 0.1) is 5.01 Å². The lowest BCUT2D eigenvalue weighted by Gasteiger charge is -2.11. The van der Waals surface area contributed by atoms with Crippen LogP contribution in [0.2, 0.25) is 0 Å². The molecule has 6 heteroatoms. The van der Waals surface area contributed by atoms with Crippen molar-refractivity contribution in [2.75, 3.05) is 20.1 Å². The van der Waals surface area contributed by atoms with Gasteiger partial charge in [-0.25, -0.2) is 4.98 Å². The zero-order valence-electron chi connectivity index (χ0n) is 14.8. The van der Waals surface area contributed by atoms with Crippen LogP contribution in [0.1, 0.15) is 21.9 Å². The largest absolute Gasteiger partial charge is 0.361 e. The van der Waals surface area contributed by atoms with Crippen molar-refractivity contribution >= 4 is 28.2 Å². The SMILES string of the molecule is CN=C(NCCCc1c[nH]c2ccccc12)NCCc1ncc(C)s1. The number of aromatic nitrogens is 2. The molecule has 3 rings (SSSR count). The van der Waals surface area contributed by atoms with E-state index in [4.69, 9.17) is 0 Å². The summed E-state index contributed by atoms with van der Waals surface area (Å²) in [6.07, 6.45) is 7.08. The number of hydrogen-bond acceptors (Lipinski definition) is 3. The van der Waals surface area contributed by atoms with E-state index in [-0.39, 0.29) is 0 Å². The fourth-order valence-corrected chi connectivity index (χ4v) is 3.64. The number of guanidine groups is 1. The molecule has 0 saturated carbocycles. The second-order valence-corrected chi connectivity index (χ2v) is 7.32. The van der Waals surface area contributed by atoms with Crippen molar-refractivity contribution in [3.05, 3.63) is 52.1 Å². The Morgan fingerprint density at radius 3 is 2.84 bits per heavy atom. The minimum Gasteiger partial charge on any atom is -0.361 e. The number of aromatic amines is 1. The van der Waals surface area contributed by atoms with Crippen LogP contribution in [-0.4, -0.2) is 36.1 Å². The Kier molecular flexibility index (Phi) is 6.06. The molecule has 0 radical (unpaired) electrons. The van der Waals surface area contributed by atoms with Crippen LogP contribution in [0.25, 0.3) is 10.9 Å². The smallest absolute Gasteiger partial charge is 0.190 e. The number of nitrogens with zero attached hydrogens (tertiary/aromatic N) is 2. The lowest BCUT2D eigenvalue weighted by Crippen LogP contribution is -2.38. The molecule has 2 heterocycles. The number of fused-ring (bicyclic) bond motifs is 1. The van der Waals surface area contributed by atoms with E-state index >= 15 is 0 Å². The molecule has 2 aromatic heterocycles. The fraction of sp³-hybridized carbons (Fsp3) is 0.368. The number of para-hydroxylation sites is 1. The third kappa shape index (κ3) is 4.82. The average Bonchev–Trinajstić information content (AvgIpc) is 3.23. The standard InChI is InChI=1S/C19H25N5S/c1-14-12-24-18(25-14)9-11-22-19(20-2)21-10-5-6-15-13-23-17-8-4-3-7-16(15)17/h3-4,7-8,12-13,23H,5-6,9-11H2,1-2H3,(H2,20,21,22). The normalized spacial score (nSPS) is 11.8. The van der Waals surface area contributed by atoms with E-state index in [0.717, 1.165) is 38.3 Å². The number of hydrogen-bond donors (Lipinski definition) is 3. The summed E-state index contributed by atoms with van der Waals surface area (Å²) in [6.45, 7) is 3.83. The maximum Gasteiger partial charge on any atom is 0.190 e. The zero-order valence-corrected chi connectivity index (χ0v) is 15.6. The van der Waals surface area contributed by atoms with Gasteiger partial charge >= 0.3 is 0 Å². The summed E-state index contributed by atoms with van der Waals surface area (Å²) in [5.74, 6) is 0.854. The quantitative estimate of drug-likeness (QED) is 0.346. The predicted octanol–water partition coefficient (Wildman–Crippen LogP) is 3.27.